The number of rotatable bonds is 4. The standard InChI is InChI=1S/C9H10N2O4.2H2O/c10-8(9(12)13)5-6-1-3-7(4-2-6)11(14)15;;/h1-4,8H,5,10H2,(H,12,13);2*1H2/t8-;;/m0../s1. The van der Waals surface area contributed by atoms with Gasteiger partial charge in [-0.1, -0.05) is 12.1 Å². The number of carboxylic acids is 1. The Morgan fingerprint density at radius 3 is 2.18 bits per heavy atom. The molecule has 0 aliphatic heterocycles. The highest BCUT2D eigenvalue weighted by molar-refractivity contribution is 5.73. The fourth-order valence-electron chi connectivity index (χ4n) is 1.09. The zero-order valence-electron chi connectivity index (χ0n) is 8.79. The molecule has 1 atom stereocenters. The molecule has 0 saturated heterocycles. The zero-order valence-corrected chi connectivity index (χ0v) is 8.79. The van der Waals surface area contributed by atoms with Gasteiger partial charge < -0.3 is 21.8 Å². The quantitative estimate of drug-likeness (QED) is 0.506. The van der Waals surface area contributed by atoms with Gasteiger partial charge in [0.05, 0.1) is 4.92 Å². The molecule has 1 rings (SSSR count). The molecule has 96 valence electrons. The number of nitro groups is 1. The molecule has 7 N–H and O–H groups in total. The van der Waals surface area contributed by atoms with Crippen LogP contribution in [0, 0.1) is 10.1 Å². The first kappa shape index (κ1) is 17.4. The monoisotopic (exact) mass is 246 g/mol. The lowest BCUT2D eigenvalue weighted by atomic mass is 10.1. The molecule has 0 heterocycles. The third-order valence-corrected chi connectivity index (χ3v) is 1.92. The van der Waals surface area contributed by atoms with Crippen LogP contribution in [0.15, 0.2) is 24.3 Å². The molecule has 0 aliphatic rings. The van der Waals surface area contributed by atoms with Crippen LogP contribution in [0.1, 0.15) is 5.56 Å². The first-order chi connectivity index (χ1) is 7.00. The molecule has 0 aromatic heterocycles. The summed E-state index contributed by atoms with van der Waals surface area (Å²) in [6.07, 6.45) is 0.160. The normalized spacial score (nSPS) is 10.6. The Bertz CT molecular complexity index is 378. The highest BCUT2D eigenvalue weighted by Gasteiger charge is 2.12. The van der Waals surface area contributed by atoms with Gasteiger partial charge in [0, 0.05) is 12.1 Å². The van der Waals surface area contributed by atoms with Gasteiger partial charge in [0.2, 0.25) is 0 Å². The highest BCUT2D eigenvalue weighted by atomic mass is 16.6. The van der Waals surface area contributed by atoms with Crippen LogP contribution in [-0.4, -0.2) is 33.0 Å². The SMILES string of the molecule is N[C@@H](Cc1ccc([N+](=O)[O-])cc1)C(=O)O.O.O. The van der Waals surface area contributed by atoms with Gasteiger partial charge in [-0.05, 0) is 12.0 Å². The molecular weight excluding hydrogens is 232 g/mol. The molecule has 0 saturated carbocycles. The Morgan fingerprint density at radius 2 is 1.82 bits per heavy atom. The summed E-state index contributed by atoms with van der Waals surface area (Å²) < 4.78 is 0. The van der Waals surface area contributed by atoms with Crippen LogP contribution < -0.4 is 5.73 Å². The molecule has 17 heavy (non-hydrogen) atoms. The van der Waals surface area contributed by atoms with Gasteiger partial charge in [-0.3, -0.25) is 14.9 Å². The van der Waals surface area contributed by atoms with Crippen molar-refractivity contribution in [2.45, 2.75) is 12.5 Å². The minimum Gasteiger partial charge on any atom is -0.480 e. The van der Waals surface area contributed by atoms with E-state index in [0.717, 1.165) is 0 Å². The lowest BCUT2D eigenvalue weighted by Gasteiger charge is -2.05. The zero-order chi connectivity index (χ0) is 11.4. The van der Waals surface area contributed by atoms with E-state index in [-0.39, 0.29) is 23.1 Å². The first-order valence-electron chi connectivity index (χ1n) is 4.22. The predicted molar refractivity (Wildman–Crippen MR) is 59.6 cm³/mol. The number of hydrogen-bond acceptors (Lipinski definition) is 4. The summed E-state index contributed by atoms with van der Waals surface area (Å²) in [7, 11) is 0. The van der Waals surface area contributed by atoms with E-state index in [2.05, 4.69) is 0 Å². The van der Waals surface area contributed by atoms with E-state index in [9.17, 15) is 14.9 Å². The minimum absolute atomic E-state index is 0. The first-order valence-corrected chi connectivity index (χ1v) is 4.22. The number of hydrogen-bond donors (Lipinski definition) is 2. The van der Waals surface area contributed by atoms with Crippen LogP contribution in [0.25, 0.3) is 0 Å². The van der Waals surface area contributed by atoms with Crippen molar-refractivity contribution in [3.8, 4) is 0 Å². The molecule has 1 aromatic rings. The number of carbonyl (C=O) groups is 1. The van der Waals surface area contributed by atoms with Crippen LogP contribution in [0.5, 0.6) is 0 Å². The van der Waals surface area contributed by atoms with Crippen LogP contribution >= 0.6 is 0 Å². The maximum absolute atomic E-state index is 10.4. The van der Waals surface area contributed by atoms with Crippen LogP contribution in [0.3, 0.4) is 0 Å². The van der Waals surface area contributed by atoms with Crippen molar-refractivity contribution >= 4 is 11.7 Å². The topological polar surface area (TPSA) is 169 Å². The van der Waals surface area contributed by atoms with Crippen molar-refractivity contribution < 1.29 is 25.8 Å². The Morgan fingerprint density at radius 1 is 1.35 bits per heavy atom. The Balaban J connectivity index is 0. The van der Waals surface area contributed by atoms with E-state index in [0.29, 0.717) is 5.56 Å². The van der Waals surface area contributed by atoms with Crippen molar-refractivity contribution in [3.63, 3.8) is 0 Å². The van der Waals surface area contributed by atoms with Crippen LogP contribution in [0.2, 0.25) is 0 Å². The maximum Gasteiger partial charge on any atom is 0.320 e. The summed E-state index contributed by atoms with van der Waals surface area (Å²) >= 11 is 0. The molecular formula is C9H14N2O6. The number of nitrogens with zero attached hydrogens (tertiary/aromatic N) is 1. The van der Waals surface area contributed by atoms with Crippen LogP contribution in [0.4, 0.5) is 5.69 Å². The van der Waals surface area contributed by atoms with Crippen molar-refractivity contribution in [2.75, 3.05) is 0 Å². The molecule has 0 radical (unpaired) electrons. The van der Waals surface area contributed by atoms with Crippen molar-refractivity contribution in [1.82, 2.24) is 0 Å². The van der Waals surface area contributed by atoms with Gasteiger partial charge in [-0.25, -0.2) is 0 Å². The molecule has 0 bridgehead atoms. The summed E-state index contributed by atoms with van der Waals surface area (Å²) in [6.45, 7) is 0. The number of nitrogens with two attached hydrogens (primary N) is 1. The largest absolute Gasteiger partial charge is 0.480 e. The summed E-state index contributed by atoms with van der Waals surface area (Å²) in [5, 5.41) is 18.9. The van der Waals surface area contributed by atoms with E-state index in [1.165, 1.54) is 24.3 Å². The van der Waals surface area contributed by atoms with Crippen molar-refractivity contribution in [3.05, 3.63) is 39.9 Å². The second-order valence-corrected chi connectivity index (χ2v) is 3.07. The Kier molecular flexibility index (Phi) is 7.43. The highest BCUT2D eigenvalue weighted by Crippen LogP contribution is 2.12. The fourth-order valence-corrected chi connectivity index (χ4v) is 1.09. The van der Waals surface area contributed by atoms with E-state index < -0.39 is 16.9 Å². The lowest BCUT2D eigenvalue weighted by molar-refractivity contribution is -0.384. The molecule has 1 aromatic carbocycles. The van der Waals surface area contributed by atoms with Gasteiger partial charge >= 0.3 is 5.97 Å². The van der Waals surface area contributed by atoms with Gasteiger partial charge in [-0.2, -0.15) is 0 Å². The van der Waals surface area contributed by atoms with Gasteiger partial charge in [0.25, 0.3) is 5.69 Å². The van der Waals surface area contributed by atoms with Crippen molar-refractivity contribution in [1.29, 1.82) is 0 Å². The second kappa shape index (κ2) is 7.28. The second-order valence-electron chi connectivity index (χ2n) is 3.07. The number of nitro benzene ring substituents is 1. The third kappa shape index (κ3) is 5.02. The molecule has 0 amide bonds. The number of aliphatic carboxylic acids is 1. The molecule has 0 fully saturated rings. The molecule has 8 heteroatoms. The maximum atomic E-state index is 10.4. The van der Waals surface area contributed by atoms with Gasteiger partial charge in [-0.15, -0.1) is 0 Å². The van der Waals surface area contributed by atoms with Crippen molar-refractivity contribution in [2.24, 2.45) is 5.73 Å². The smallest absolute Gasteiger partial charge is 0.320 e. The van der Waals surface area contributed by atoms with Crippen LogP contribution in [-0.2, 0) is 11.2 Å². The van der Waals surface area contributed by atoms with E-state index in [1.807, 2.05) is 0 Å². The average Bonchev–Trinajstić information content (AvgIpc) is 2.18. The Hall–Kier alpha value is -2.03. The summed E-state index contributed by atoms with van der Waals surface area (Å²) in [4.78, 5) is 20.3. The lowest BCUT2D eigenvalue weighted by Crippen LogP contribution is -2.32. The Labute approximate surface area is 96.4 Å². The minimum atomic E-state index is -1.09. The summed E-state index contributed by atoms with van der Waals surface area (Å²) in [5.41, 5.74) is 5.95. The van der Waals surface area contributed by atoms with E-state index >= 15 is 0 Å². The fraction of sp³-hybridized carbons (Fsp3) is 0.222. The molecule has 0 unspecified atom stereocenters. The summed E-state index contributed by atoms with van der Waals surface area (Å²) in [5.74, 6) is -1.09. The molecule has 0 aliphatic carbocycles. The summed E-state index contributed by atoms with van der Waals surface area (Å²) in [6, 6.07) is 4.67. The molecule has 0 spiro atoms. The number of carboxylic acid groups (broad SMARTS) is 1. The number of benzene rings is 1. The van der Waals surface area contributed by atoms with E-state index in [1.54, 1.807) is 0 Å². The average molecular weight is 246 g/mol. The molecule has 8 nitrogen and oxygen atoms in total. The van der Waals surface area contributed by atoms with Gasteiger partial charge in [0.15, 0.2) is 0 Å². The van der Waals surface area contributed by atoms with E-state index in [4.69, 9.17) is 10.8 Å². The predicted octanol–water partition coefficient (Wildman–Crippen LogP) is -1.10. The third-order valence-electron chi connectivity index (χ3n) is 1.92. The van der Waals surface area contributed by atoms with Gasteiger partial charge in [0.1, 0.15) is 6.04 Å². The number of non-ortho nitro benzene ring substituents is 1.